The van der Waals surface area contributed by atoms with E-state index >= 15 is 0 Å². The molecular weight excluding hydrogens is 324 g/mol. The van der Waals surface area contributed by atoms with Crippen LogP contribution in [0.1, 0.15) is 5.56 Å². The molecule has 0 aliphatic rings. The number of benzene rings is 2. The van der Waals surface area contributed by atoms with Crippen molar-refractivity contribution >= 4 is 20.8 Å². The van der Waals surface area contributed by atoms with Crippen molar-refractivity contribution in [2.24, 2.45) is 0 Å². The fourth-order valence-corrected chi connectivity index (χ4v) is 4.02. The molecule has 1 N–H and O–H groups in total. The first-order valence-electron chi connectivity index (χ1n) is 7.60. The Kier molecular flexibility index (Phi) is 4.89. The summed E-state index contributed by atoms with van der Waals surface area (Å²) in [5.41, 5.74) is 0.773. The molecule has 3 aromatic rings. The summed E-state index contributed by atoms with van der Waals surface area (Å²) in [4.78, 5) is 4.23. The summed E-state index contributed by atoms with van der Waals surface area (Å²) in [6, 6.07) is 16.2. The summed E-state index contributed by atoms with van der Waals surface area (Å²) in [7, 11) is -3.71. The number of hydrogen-bond donors (Lipinski definition) is 1. The van der Waals surface area contributed by atoms with E-state index in [4.69, 9.17) is 0 Å². The van der Waals surface area contributed by atoms with Crippen LogP contribution in [0.2, 0.25) is 0 Å². The highest BCUT2D eigenvalue weighted by atomic mass is 32.2. The molecule has 24 heavy (non-hydrogen) atoms. The van der Waals surface area contributed by atoms with E-state index in [0.717, 1.165) is 16.3 Å². The van der Waals surface area contributed by atoms with E-state index in [9.17, 15) is 13.5 Å². The summed E-state index contributed by atoms with van der Waals surface area (Å²) in [6.45, 7) is -0.0410. The average molecular weight is 342 g/mol. The summed E-state index contributed by atoms with van der Waals surface area (Å²) in [6.07, 6.45) is 3.26. The van der Waals surface area contributed by atoms with Gasteiger partial charge in [0.25, 0.3) is 0 Å². The van der Waals surface area contributed by atoms with Gasteiger partial charge in [0.05, 0.1) is 11.5 Å². The van der Waals surface area contributed by atoms with Crippen molar-refractivity contribution in [2.75, 3.05) is 13.2 Å². The minimum atomic E-state index is -3.71. The van der Waals surface area contributed by atoms with E-state index < -0.39 is 10.0 Å². The monoisotopic (exact) mass is 342 g/mol. The SMILES string of the molecule is O=S(=O)(c1ccc2ccccc2c1)N(CCO)Cc1cccnc1. The lowest BCUT2D eigenvalue weighted by Crippen LogP contribution is -2.33. The van der Waals surface area contributed by atoms with Crippen LogP contribution in [0.5, 0.6) is 0 Å². The van der Waals surface area contributed by atoms with E-state index in [1.807, 2.05) is 30.3 Å². The fraction of sp³-hybridized carbons (Fsp3) is 0.167. The molecule has 0 aliphatic heterocycles. The van der Waals surface area contributed by atoms with Crippen molar-refractivity contribution in [3.8, 4) is 0 Å². The lowest BCUT2D eigenvalue weighted by molar-refractivity contribution is 0.251. The Labute approximate surface area is 141 Å². The standard InChI is InChI=1S/C18H18N2O3S/c21-11-10-20(14-15-4-3-9-19-13-15)24(22,23)18-8-7-16-5-1-2-6-17(16)12-18/h1-9,12-13,21H,10-11,14H2. The second-order valence-corrected chi connectivity index (χ2v) is 7.37. The van der Waals surface area contributed by atoms with Gasteiger partial charge >= 0.3 is 0 Å². The van der Waals surface area contributed by atoms with Crippen LogP contribution in [0, 0.1) is 0 Å². The van der Waals surface area contributed by atoms with Crippen LogP contribution in [-0.2, 0) is 16.6 Å². The zero-order valence-corrected chi connectivity index (χ0v) is 13.9. The molecule has 6 heteroatoms. The van der Waals surface area contributed by atoms with Crippen LogP contribution >= 0.6 is 0 Å². The molecule has 124 valence electrons. The van der Waals surface area contributed by atoms with Gasteiger partial charge in [0.1, 0.15) is 0 Å². The summed E-state index contributed by atoms with van der Waals surface area (Å²) in [5.74, 6) is 0. The van der Waals surface area contributed by atoms with Gasteiger partial charge in [0, 0.05) is 25.5 Å². The smallest absolute Gasteiger partial charge is 0.243 e. The maximum atomic E-state index is 13.0. The van der Waals surface area contributed by atoms with E-state index in [2.05, 4.69) is 4.98 Å². The van der Waals surface area contributed by atoms with Crippen molar-refractivity contribution in [3.05, 3.63) is 72.6 Å². The number of aliphatic hydroxyl groups is 1. The topological polar surface area (TPSA) is 70.5 Å². The second kappa shape index (κ2) is 7.09. The lowest BCUT2D eigenvalue weighted by atomic mass is 10.1. The third kappa shape index (κ3) is 3.46. The fourth-order valence-electron chi connectivity index (χ4n) is 2.57. The molecule has 0 saturated heterocycles. The Morgan fingerprint density at radius 1 is 1.00 bits per heavy atom. The first-order chi connectivity index (χ1) is 11.6. The second-order valence-electron chi connectivity index (χ2n) is 5.43. The highest BCUT2D eigenvalue weighted by Crippen LogP contribution is 2.23. The lowest BCUT2D eigenvalue weighted by Gasteiger charge is -2.21. The molecule has 0 saturated carbocycles. The number of fused-ring (bicyclic) bond motifs is 1. The maximum Gasteiger partial charge on any atom is 0.243 e. The highest BCUT2D eigenvalue weighted by Gasteiger charge is 2.24. The first-order valence-corrected chi connectivity index (χ1v) is 9.04. The molecule has 5 nitrogen and oxygen atoms in total. The molecule has 1 heterocycles. The van der Waals surface area contributed by atoms with E-state index in [-0.39, 0.29) is 24.6 Å². The minimum Gasteiger partial charge on any atom is -0.395 e. The molecule has 0 spiro atoms. The molecule has 0 bridgehead atoms. The van der Waals surface area contributed by atoms with Gasteiger partial charge in [-0.05, 0) is 34.5 Å². The molecule has 2 aromatic carbocycles. The van der Waals surface area contributed by atoms with Crippen LogP contribution < -0.4 is 0 Å². The number of aliphatic hydroxyl groups excluding tert-OH is 1. The molecule has 0 fully saturated rings. The Bertz CT molecular complexity index is 927. The number of aromatic nitrogens is 1. The van der Waals surface area contributed by atoms with Gasteiger partial charge in [-0.3, -0.25) is 4.98 Å². The van der Waals surface area contributed by atoms with Gasteiger partial charge in [0.15, 0.2) is 0 Å². The number of pyridine rings is 1. The summed E-state index contributed by atoms with van der Waals surface area (Å²) < 4.78 is 27.2. The van der Waals surface area contributed by atoms with Gasteiger partial charge in [-0.25, -0.2) is 8.42 Å². The van der Waals surface area contributed by atoms with Crippen molar-refractivity contribution in [1.29, 1.82) is 0 Å². The molecule has 0 amide bonds. The molecule has 0 aliphatic carbocycles. The van der Waals surface area contributed by atoms with Gasteiger partial charge in [-0.15, -0.1) is 0 Å². The van der Waals surface area contributed by atoms with Crippen molar-refractivity contribution in [1.82, 2.24) is 9.29 Å². The Morgan fingerprint density at radius 3 is 2.50 bits per heavy atom. The Balaban J connectivity index is 1.97. The van der Waals surface area contributed by atoms with Crippen molar-refractivity contribution in [3.63, 3.8) is 0 Å². The largest absolute Gasteiger partial charge is 0.395 e. The minimum absolute atomic E-state index is 0.0318. The predicted octanol–water partition coefficient (Wildman–Crippen LogP) is 2.42. The molecule has 0 unspecified atom stereocenters. The van der Waals surface area contributed by atoms with E-state index in [1.165, 1.54) is 4.31 Å². The van der Waals surface area contributed by atoms with Crippen LogP contribution in [0.4, 0.5) is 0 Å². The van der Waals surface area contributed by atoms with Crippen LogP contribution in [0.3, 0.4) is 0 Å². The number of hydrogen-bond acceptors (Lipinski definition) is 4. The molecule has 0 radical (unpaired) electrons. The molecule has 0 atom stereocenters. The normalized spacial score (nSPS) is 11.9. The average Bonchev–Trinajstić information content (AvgIpc) is 2.62. The third-order valence-electron chi connectivity index (χ3n) is 3.79. The maximum absolute atomic E-state index is 13.0. The third-order valence-corrected chi connectivity index (χ3v) is 5.63. The Morgan fingerprint density at radius 2 is 1.79 bits per heavy atom. The zero-order chi connectivity index (χ0) is 17.0. The first kappa shape index (κ1) is 16.6. The van der Waals surface area contributed by atoms with Crippen molar-refractivity contribution < 1.29 is 13.5 Å². The summed E-state index contributed by atoms with van der Waals surface area (Å²) >= 11 is 0. The van der Waals surface area contributed by atoms with Gasteiger partial charge < -0.3 is 5.11 Å². The molecule has 3 rings (SSSR count). The quantitative estimate of drug-likeness (QED) is 0.747. The van der Waals surface area contributed by atoms with Gasteiger partial charge in [0.2, 0.25) is 10.0 Å². The van der Waals surface area contributed by atoms with Crippen LogP contribution in [0.25, 0.3) is 10.8 Å². The highest BCUT2D eigenvalue weighted by molar-refractivity contribution is 7.89. The number of nitrogens with zero attached hydrogens (tertiary/aromatic N) is 2. The number of sulfonamides is 1. The zero-order valence-electron chi connectivity index (χ0n) is 13.0. The predicted molar refractivity (Wildman–Crippen MR) is 92.9 cm³/mol. The molecular formula is C18H18N2O3S. The van der Waals surface area contributed by atoms with E-state index in [0.29, 0.717) is 0 Å². The Hall–Kier alpha value is -2.28. The van der Waals surface area contributed by atoms with Gasteiger partial charge in [-0.2, -0.15) is 4.31 Å². The molecule has 1 aromatic heterocycles. The number of rotatable bonds is 6. The van der Waals surface area contributed by atoms with E-state index in [1.54, 1.807) is 36.7 Å². The van der Waals surface area contributed by atoms with Crippen LogP contribution in [-0.4, -0.2) is 36.0 Å². The van der Waals surface area contributed by atoms with Crippen molar-refractivity contribution in [2.45, 2.75) is 11.4 Å². The van der Waals surface area contributed by atoms with Crippen LogP contribution in [0.15, 0.2) is 71.9 Å². The van der Waals surface area contributed by atoms with Gasteiger partial charge in [-0.1, -0.05) is 36.4 Å². The summed E-state index contributed by atoms with van der Waals surface area (Å²) in [5, 5.41) is 11.1.